The second-order valence-electron chi connectivity index (χ2n) is 5.61. The molecule has 0 bridgehead atoms. The smallest absolute Gasteiger partial charge is 0.327 e. The molecule has 0 saturated carbocycles. The maximum absolute atomic E-state index is 12.4. The summed E-state index contributed by atoms with van der Waals surface area (Å²) in [7, 11) is 2.05. The molecule has 1 aliphatic rings. The summed E-state index contributed by atoms with van der Waals surface area (Å²) < 4.78 is 5.29. The minimum Gasteiger partial charge on any atom is -0.465 e. The number of hydrogen-bond donors (Lipinski definition) is 1. The first-order valence-corrected chi connectivity index (χ1v) is 7.24. The van der Waals surface area contributed by atoms with Gasteiger partial charge in [-0.1, -0.05) is 30.3 Å². The molecule has 0 amide bonds. The molecule has 110 valence electrons. The fourth-order valence-electron chi connectivity index (χ4n) is 2.79. The summed E-state index contributed by atoms with van der Waals surface area (Å²) in [5, 5.41) is 3.44. The van der Waals surface area contributed by atoms with E-state index in [0.717, 1.165) is 6.42 Å². The molecule has 0 aliphatic carbocycles. The molecule has 0 spiro atoms. The van der Waals surface area contributed by atoms with Gasteiger partial charge in [0.25, 0.3) is 0 Å². The highest BCUT2D eigenvalue weighted by Crippen LogP contribution is 2.27. The third-order valence-corrected chi connectivity index (χ3v) is 4.06. The molecule has 20 heavy (non-hydrogen) atoms. The van der Waals surface area contributed by atoms with Crippen LogP contribution in [0.25, 0.3) is 0 Å². The van der Waals surface area contributed by atoms with Crippen molar-refractivity contribution in [2.24, 2.45) is 0 Å². The first-order chi connectivity index (χ1) is 9.57. The van der Waals surface area contributed by atoms with Crippen molar-refractivity contribution in [2.45, 2.75) is 38.4 Å². The SMILES string of the molecule is CCOC(=O)C1(NCc2ccccc2)CC(C)N(C)C1. The van der Waals surface area contributed by atoms with Crippen molar-refractivity contribution in [3.05, 3.63) is 35.9 Å². The zero-order chi connectivity index (χ0) is 14.6. The van der Waals surface area contributed by atoms with Gasteiger partial charge >= 0.3 is 5.97 Å². The summed E-state index contributed by atoms with van der Waals surface area (Å²) in [5.41, 5.74) is 0.596. The topological polar surface area (TPSA) is 41.6 Å². The van der Waals surface area contributed by atoms with Gasteiger partial charge in [0.1, 0.15) is 5.54 Å². The molecule has 1 heterocycles. The van der Waals surface area contributed by atoms with Gasteiger partial charge in [0.05, 0.1) is 6.61 Å². The van der Waals surface area contributed by atoms with Gasteiger partial charge in [-0.2, -0.15) is 0 Å². The van der Waals surface area contributed by atoms with Gasteiger partial charge in [0, 0.05) is 19.1 Å². The largest absolute Gasteiger partial charge is 0.465 e. The highest BCUT2D eigenvalue weighted by molar-refractivity contribution is 5.82. The summed E-state index contributed by atoms with van der Waals surface area (Å²) in [6.45, 7) is 5.79. The van der Waals surface area contributed by atoms with E-state index >= 15 is 0 Å². The van der Waals surface area contributed by atoms with E-state index in [-0.39, 0.29) is 5.97 Å². The molecule has 1 aromatic carbocycles. The number of benzene rings is 1. The van der Waals surface area contributed by atoms with E-state index in [1.54, 1.807) is 0 Å². The van der Waals surface area contributed by atoms with Crippen molar-refractivity contribution in [2.75, 3.05) is 20.2 Å². The van der Waals surface area contributed by atoms with Gasteiger partial charge in [-0.05, 0) is 32.9 Å². The van der Waals surface area contributed by atoms with E-state index in [9.17, 15) is 4.79 Å². The van der Waals surface area contributed by atoms with Crippen LogP contribution in [0.15, 0.2) is 30.3 Å². The highest BCUT2D eigenvalue weighted by atomic mass is 16.5. The Hall–Kier alpha value is -1.39. The van der Waals surface area contributed by atoms with Crippen LogP contribution in [0.2, 0.25) is 0 Å². The Morgan fingerprint density at radius 3 is 2.70 bits per heavy atom. The lowest BCUT2D eigenvalue weighted by Gasteiger charge is -2.28. The maximum atomic E-state index is 12.4. The number of carbonyl (C=O) groups excluding carboxylic acids is 1. The van der Waals surface area contributed by atoms with Gasteiger partial charge < -0.3 is 9.64 Å². The minimum absolute atomic E-state index is 0.132. The van der Waals surface area contributed by atoms with Crippen molar-refractivity contribution in [1.82, 2.24) is 10.2 Å². The minimum atomic E-state index is -0.583. The second-order valence-corrected chi connectivity index (χ2v) is 5.61. The van der Waals surface area contributed by atoms with Crippen LogP contribution in [0.1, 0.15) is 25.8 Å². The lowest BCUT2D eigenvalue weighted by molar-refractivity contribution is -0.150. The first-order valence-electron chi connectivity index (χ1n) is 7.24. The van der Waals surface area contributed by atoms with Gasteiger partial charge in [-0.3, -0.25) is 5.32 Å². The predicted molar refractivity (Wildman–Crippen MR) is 79.4 cm³/mol. The fourth-order valence-corrected chi connectivity index (χ4v) is 2.79. The number of ether oxygens (including phenoxy) is 1. The lowest BCUT2D eigenvalue weighted by atomic mass is 9.95. The number of rotatable bonds is 5. The average Bonchev–Trinajstić information content (AvgIpc) is 2.75. The van der Waals surface area contributed by atoms with Gasteiger partial charge in [0.2, 0.25) is 0 Å². The zero-order valence-electron chi connectivity index (χ0n) is 12.6. The number of carbonyl (C=O) groups is 1. The Bertz CT molecular complexity index is 437. The van der Waals surface area contributed by atoms with E-state index in [1.807, 2.05) is 25.1 Å². The Labute approximate surface area is 121 Å². The van der Waals surface area contributed by atoms with E-state index in [2.05, 4.69) is 36.3 Å². The maximum Gasteiger partial charge on any atom is 0.327 e. The van der Waals surface area contributed by atoms with E-state index in [1.165, 1.54) is 5.56 Å². The highest BCUT2D eigenvalue weighted by Gasteiger charge is 2.47. The quantitative estimate of drug-likeness (QED) is 0.833. The van der Waals surface area contributed by atoms with Crippen LogP contribution >= 0.6 is 0 Å². The zero-order valence-corrected chi connectivity index (χ0v) is 12.6. The summed E-state index contributed by atoms with van der Waals surface area (Å²) in [5.74, 6) is -0.132. The number of likely N-dealkylation sites (N-methyl/N-ethyl adjacent to an activating group) is 1. The van der Waals surface area contributed by atoms with E-state index in [0.29, 0.717) is 25.7 Å². The van der Waals surface area contributed by atoms with Crippen LogP contribution in [-0.2, 0) is 16.1 Å². The molecule has 1 N–H and O–H groups in total. The van der Waals surface area contributed by atoms with Crippen LogP contribution in [0.5, 0.6) is 0 Å². The van der Waals surface area contributed by atoms with Crippen molar-refractivity contribution in [3.8, 4) is 0 Å². The molecule has 2 rings (SSSR count). The molecule has 4 nitrogen and oxygen atoms in total. The summed E-state index contributed by atoms with van der Waals surface area (Å²) in [6.07, 6.45) is 0.787. The number of hydrogen-bond acceptors (Lipinski definition) is 4. The lowest BCUT2D eigenvalue weighted by Crippen LogP contribution is -2.54. The molecular weight excluding hydrogens is 252 g/mol. The van der Waals surface area contributed by atoms with Crippen molar-refractivity contribution in [3.63, 3.8) is 0 Å². The van der Waals surface area contributed by atoms with Crippen LogP contribution in [0, 0.1) is 0 Å². The fraction of sp³-hybridized carbons (Fsp3) is 0.562. The van der Waals surface area contributed by atoms with Crippen LogP contribution < -0.4 is 5.32 Å². The Morgan fingerprint density at radius 2 is 2.15 bits per heavy atom. The molecule has 4 heteroatoms. The van der Waals surface area contributed by atoms with Crippen molar-refractivity contribution >= 4 is 5.97 Å². The third-order valence-electron chi connectivity index (χ3n) is 4.06. The molecule has 1 aromatic rings. The number of nitrogens with one attached hydrogen (secondary N) is 1. The van der Waals surface area contributed by atoms with Gasteiger partial charge in [-0.15, -0.1) is 0 Å². The third kappa shape index (κ3) is 3.19. The van der Waals surface area contributed by atoms with Crippen LogP contribution in [-0.4, -0.2) is 42.6 Å². The summed E-state index contributed by atoms with van der Waals surface area (Å²) in [6, 6.07) is 10.5. The molecule has 2 unspecified atom stereocenters. The Kier molecular flexibility index (Phi) is 4.78. The van der Waals surface area contributed by atoms with Crippen molar-refractivity contribution < 1.29 is 9.53 Å². The van der Waals surface area contributed by atoms with Crippen LogP contribution in [0.3, 0.4) is 0 Å². The number of likely N-dealkylation sites (tertiary alicyclic amines) is 1. The Morgan fingerprint density at radius 1 is 1.45 bits per heavy atom. The average molecular weight is 276 g/mol. The molecule has 0 radical (unpaired) electrons. The molecule has 0 aromatic heterocycles. The molecule has 2 atom stereocenters. The normalized spacial score (nSPS) is 26.6. The number of nitrogens with zero attached hydrogens (tertiary/aromatic N) is 1. The predicted octanol–water partition coefficient (Wildman–Crippen LogP) is 1.80. The molecule has 1 saturated heterocycles. The Balaban J connectivity index is 2.09. The van der Waals surface area contributed by atoms with Crippen molar-refractivity contribution in [1.29, 1.82) is 0 Å². The molecular formula is C16H24N2O2. The van der Waals surface area contributed by atoms with Gasteiger partial charge in [-0.25, -0.2) is 4.79 Å². The summed E-state index contributed by atoms with van der Waals surface area (Å²) >= 11 is 0. The second kappa shape index (κ2) is 6.37. The molecule has 1 fully saturated rings. The van der Waals surface area contributed by atoms with Crippen LogP contribution in [0.4, 0.5) is 0 Å². The number of esters is 1. The standard InChI is InChI=1S/C16H24N2O2/c1-4-20-15(19)16(10-13(2)18(3)12-16)17-11-14-8-6-5-7-9-14/h5-9,13,17H,4,10-12H2,1-3H3. The monoisotopic (exact) mass is 276 g/mol. The van der Waals surface area contributed by atoms with E-state index in [4.69, 9.17) is 4.74 Å². The molecule has 1 aliphatic heterocycles. The summed E-state index contributed by atoms with van der Waals surface area (Å²) in [4.78, 5) is 14.6. The van der Waals surface area contributed by atoms with E-state index < -0.39 is 5.54 Å². The van der Waals surface area contributed by atoms with Gasteiger partial charge in [0.15, 0.2) is 0 Å². The first kappa shape index (κ1) is 15.0.